The molecule has 0 aliphatic carbocycles. The summed E-state index contributed by atoms with van der Waals surface area (Å²) in [6.45, 7) is 3.13. The maximum absolute atomic E-state index is 5.40. The van der Waals surface area contributed by atoms with Crippen LogP contribution in [0.3, 0.4) is 0 Å². The summed E-state index contributed by atoms with van der Waals surface area (Å²) >= 11 is 0. The number of ether oxygens (including phenoxy) is 2. The lowest BCUT2D eigenvalue weighted by Crippen LogP contribution is -2.43. The van der Waals surface area contributed by atoms with Gasteiger partial charge < -0.3 is 25.0 Å². The normalized spacial score (nSPS) is 20.3. The molecule has 7 heteroatoms. The number of benzene rings is 1. The number of nitrogens with one attached hydrogen (secondary N) is 2. The fraction of sp³-hybridized carbons (Fsp3) is 0.562. The van der Waals surface area contributed by atoms with Crippen LogP contribution >= 0.6 is 24.0 Å². The predicted molar refractivity (Wildman–Crippen MR) is 102 cm³/mol. The third-order valence-corrected chi connectivity index (χ3v) is 4.30. The average molecular weight is 432 g/mol. The second kappa shape index (κ2) is 8.58. The highest BCUT2D eigenvalue weighted by atomic mass is 127. The molecular weight excluding hydrogens is 407 g/mol. The van der Waals surface area contributed by atoms with E-state index in [2.05, 4.69) is 27.6 Å². The molecule has 1 aromatic rings. The first-order valence-corrected chi connectivity index (χ1v) is 7.79. The Labute approximate surface area is 154 Å². The molecule has 2 heterocycles. The molecule has 1 aromatic carbocycles. The number of likely N-dealkylation sites (N-methyl/N-ethyl adjacent to an activating group) is 1. The highest BCUT2D eigenvalue weighted by molar-refractivity contribution is 14.0. The number of nitrogens with zero attached hydrogens (tertiary/aromatic N) is 2. The molecule has 23 heavy (non-hydrogen) atoms. The molecule has 3 rings (SSSR count). The van der Waals surface area contributed by atoms with Crippen molar-refractivity contribution in [1.29, 1.82) is 0 Å². The third kappa shape index (κ3) is 4.63. The largest absolute Gasteiger partial charge is 0.454 e. The van der Waals surface area contributed by atoms with Crippen LogP contribution in [0.1, 0.15) is 18.4 Å². The maximum atomic E-state index is 5.40. The van der Waals surface area contributed by atoms with E-state index in [9.17, 15) is 0 Å². The van der Waals surface area contributed by atoms with Gasteiger partial charge in [-0.2, -0.15) is 0 Å². The molecule has 2 N–H and O–H groups in total. The van der Waals surface area contributed by atoms with Crippen molar-refractivity contribution in [1.82, 2.24) is 15.5 Å². The van der Waals surface area contributed by atoms with Crippen molar-refractivity contribution in [2.24, 2.45) is 4.99 Å². The smallest absolute Gasteiger partial charge is 0.231 e. The van der Waals surface area contributed by atoms with E-state index in [-0.39, 0.29) is 24.0 Å². The summed E-state index contributed by atoms with van der Waals surface area (Å²) in [5, 5.41) is 6.75. The lowest BCUT2D eigenvalue weighted by atomic mass is 10.2. The number of hydrogen-bond acceptors (Lipinski definition) is 4. The third-order valence-electron chi connectivity index (χ3n) is 4.30. The minimum Gasteiger partial charge on any atom is -0.454 e. The van der Waals surface area contributed by atoms with Gasteiger partial charge >= 0.3 is 0 Å². The fourth-order valence-corrected chi connectivity index (χ4v) is 2.91. The van der Waals surface area contributed by atoms with Gasteiger partial charge in [0.15, 0.2) is 17.5 Å². The Morgan fingerprint density at radius 1 is 1.30 bits per heavy atom. The van der Waals surface area contributed by atoms with Gasteiger partial charge in [0.1, 0.15) is 0 Å². The van der Waals surface area contributed by atoms with Crippen molar-refractivity contribution in [3.8, 4) is 11.5 Å². The number of likely N-dealkylation sites (tertiary alicyclic amines) is 1. The molecule has 2 aliphatic heterocycles. The van der Waals surface area contributed by atoms with Gasteiger partial charge in [-0.1, -0.05) is 6.07 Å². The molecule has 1 unspecified atom stereocenters. The van der Waals surface area contributed by atoms with E-state index in [1.807, 2.05) is 18.2 Å². The molecular formula is C16H25IN4O2. The summed E-state index contributed by atoms with van der Waals surface area (Å²) in [6.07, 6.45) is 2.54. The van der Waals surface area contributed by atoms with Crippen molar-refractivity contribution in [3.05, 3.63) is 23.8 Å². The molecule has 0 bridgehead atoms. The Hall–Kier alpha value is -1.22. The van der Waals surface area contributed by atoms with Crippen molar-refractivity contribution < 1.29 is 9.47 Å². The highest BCUT2D eigenvalue weighted by Gasteiger charge is 2.20. The minimum atomic E-state index is 0. The Balaban J connectivity index is 0.00000192. The summed E-state index contributed by atoms with van der Waals surface area (Å²) in [7, 11) is 3.98. The second-order valence-corrected chi connectivity index (χ2v) is 5.77. The first kappa shape index (κ1) is 18.1. The van der Waals surface area contributed by atoms with E-state index in [0.717, 1.165) is 29.6 Å². The van der Waals surface area contributed by atoms with Crippen LogP contribution in [0.15, 0.2) is 23.2 Å². The van der Waals surface area contributed by atoms with E-state index >= 15 is 0 Å². The van der Waals surface area contributed by atoms with Crippen LogP contribution < -0.4 is 20.1 Å². The highest BCUT2D eigenvalue weighted by Crippen LogP contribution is 2.32. The van der Waals surface area contributed by atoms with Crippen molar-refractivity contribution in [2.45, 2.75) is 25.4 Å². The molecule has 1 saturated heterocycles. The molecule has 0 amide bonds. The van der Waals surface area contributed by atoms with Gasteiger partial charge in [-0.15, -0.1) is 24.0 Å². The van der Waals surface area contributed by atoms with Crippen LogP contribution in [0.4, 0.5) is 0 Å². The van der Waals surface area contributed by atoms with E-state index < -0.39 is 0 Å². The van der Waals surface area contributed by atoms with Gasteiger partial charge in [0.2, 0.25) is 6.79 Å². The Bertz CT molecular complexity index is 553. The van der Waals surface area contributed by atoms with Crippen LogP contribution in [0.25, 0.3) is 0 Å². The molecule has 0 saturated carbocycles. The summed E-state index contributed by atoms with van der Waals surface area (Å²) in [5.41, 5.74) is 1.14. The molecule has 0 spiro atoms. The Kier molecular flexibility index (Phi) is 6.76. The number of rotatable bonds is 4. The molecule has 0 aromatic heterocycles. The van der Waals surface area contributed by atoms with Crippen LogP contribution in [-0.4, -0.2) is 50.9 Å². The quantitative estimate of drug-likeness (QED) is 0.432. The monoisotopic (exact) mass is 432 g/mol. The van der Waals surface area contributed by atoms with E-state index in [4.69, 9.17) is 9.47 Å². The predicted octanol–water partition coefficient (Wildman–Crippen LogP) is 1.79. The minimum absolute atomic E-state index is 0. The van der Waals surface area contributed by atoms with Gasteiger partial charge in [-0.05, 0) is 44.1 Å². The lowest BCUT2D eigenvalue weighted by Gasteiger charge is -2.21. The number of aliphatic imine (C=N–C) groups is 1. The summed E-state index contributed by atoms with van der Waals surface area (Å²) in [6, 6.07) is 6.60. The van der Waals surface area contributed by atoms with Gasteiger partial charge in [0.05, 0.1) is 0 Å². The summed E-state index contributed by atoms with van der Waals surface area (Å²) < 4.78 is 10.7. The van der Waals surface area contributed by atoms with Crippen LogP contribution in [0, 0.1) is 0 Å². The molecule has 1 fully saturated rings. The first-order chi connectivity index (χ1) is 10.8. The van der Waals surface area contributed by atoms with E-state index in [0.29, 0.717) is 19.4 Å². The fourth-order valence-electron chi connectivity index (χ4n) is 2.91. The molecule has 2 aliphatic rings. The van der Waals surface area contributed by atoms with E-state index in [1.165, 1.54) is 19.4 Å². The Morgan fingerprint density at radius 3 is 2.87 bits per heavy atom. The Morgan fingerprint density at radius 2 is 2.13 bits per heavy atom. The SMILES string of the molecule is CN=C(NCc1ccc2c(c1)OCO2)NCC1CCCN1C.I. The van der Waals surface area contributed by atoms with Gasteiger partial charge in [-0.25, -0.2) is 0 Å². The van der Waals surface area contributed by atoms with Crippen LogP contribution in [0.5, 0.6) is 11.5 Å². The number of fused-ring (bicyclic) bond motifs is 1. The van der Waals surface area contributed by atoms with Crippen molar-refractivity contribution in [2.75, 3.05) is 34.0 Å². The zero-order chi connectivity index (χ0) is 15.4. The van der Waals surface area contributed by atoms with Gasteiger partial charge in [-0.3, -0.25) is 4.99 Å². The average Bonchev–Trinajstić information content (AvgIpc) is 3.15. The van der Waals surface area contributed by atoms with Crippen molar-refractivity contribution >= 4 is 29.9 Å². The number of halogens is 1. The van der Waals surface area contributed by atoms with Crippen LogP contribution in [-0.2, 0) is 6.54 Å². The topological polar surface area (TPSA) is 58.1 Å². The van der Waals surface area contributed by atoms with Crippen LogP contribution in [0.2, 0.25) is 0 Å². The maximum Gasteiger partial charge on any atom is 0.231 e. The first-order valence-electron chi connectivity index (χ1n) is 7.79. The van der Waals surface area contributed by atoms with Gasteiger partial charge in [0, 0.05) is 26.2 Å². The summed E-state index contributed by atoms with van der Waals surface area (Å²) in [5.74, 6) is 2.46. The number of guanidine groups is 1. The summed E-state index contributed by atoms with van der Waals surface area (Å²) in [4.78, 5) is 6.68. The molecule has 1 atom stereocenters. The second-order valence-electron chi connectivity index (χ2n) is 5.77. The molecule has 6 nitrogen and oxygen atoms in total. The van der Waals surface area contributed by atoms with Crippen molar-refractivity contribution in [3.63, 3.8) is 0 Å². The number of hydrogen-bond donors (Lipinski definition) is 2. The molecule has 0 radical (unpaired) electrons. The standard InChI is InChI=1S/C16H24N4O2.HI/c1-17-16(19-10-13-4-3-7-20(13)2)18-9-12-5-6-14-15(8-12)22-11-21-14;/h5-6,8,13H,3-4,7,9-11H2,1-2H3,(H2,17,18,19);1H. The molecule has 128 valence electrons. The zero-order valence-electron chi connectivity index (χ0n) is 13.7. The zero-order valence-corrected chi connectivity index (χ0v) is 16.0. The lowest BCUT2D eigenvalue weighted by molar-refractivity contribution is 0.174. The van der Waals surface area contributed by atoms with E-state index in [1.54, 1.807) is 7.05 Å². The van der Waals surface area contributed by atoms with Gasteiger partial charge in [0.25, 0.3) is 0 Å².